The fourth-order valence-corrected chi connectivity index (χ4v) is 3.76. The van der Waals surface area contributed by atoms with Gasteiger partial charge in [-0.1, -0.05) is 31.2 Å². The molecule has 3 heteroatoms. The second-order valence-corrected chi connectivity index (χ2v) is 6.37. The second-order valence-electron chi connectivity index (χ2n) is 6.37. The van der Waals surface area contributed by atoms with Crippen molar-refractivity contribution in [3.63, 3.8) is 0 Å². The van der Waals surface area contributed by atoms with Crippen LogP contribution in [-0.2, 0) is 17.6 Å². The number of piperidine rings is 1. The van der Waals surface area contributed by atoms with Gasteiger partial charge in [0.05, 0.1) is 0 Å². The molecule has 0 saturated carbocycles. The van der Waals surface area contributed by atoms with Crippen molar-refractivity contribution in [1.82, 2.24) is 10.2 Å². The summed E-state index contributed by atoms with van der Waals surface area (Å²) < 4.78 is 0. The third-order valence-electron chi connectivity index (χ3n) is 5.00. The number of hydrogen-bond donors (Lipinski definition) is 1. The van der Waals surface area contributed by atoms with Gasteiger partial charge in [-0.3, -0.25) is 4.79 Å². The van der Waals surface area contributed by atoms with Gasteiger partial charge < -0.3 is 10.2 Å². The van der Waals surface area contributed by atoms with Crippen LogP contribution in [0, 0.1) is 5.92 Å². The molecule has 3 rings (SSSR count). The Balaban J connectivity index is 1.57. The van der Waals surface area contributed by atoms with E-state index in [2.05, 4.69) is 41.4 Å². The SMILES string of the molecule is CCNC1CCN(C(=O)C2CCc3ccccc3C2)CC1. The van der Waals surface area contributed by atoms with Gasteiger partial charge in [-0.05, 0) is 49.8 Å². The maximum atomic E-state index is 12.7. The van der Waals surface area contributed by atoms with Gasteiger partial charge in [0.25, 0.3) is 0 Å². The topological polar surface area (TPSA) is 32.3 Å². The Morgan fingerprint density at radius 3 is 2.62 bits per heavy atom. The highest BCUT2D eigenvalue weighted by Gasteiger charge is 2.30. The zero-order chi connectivity index (χ0) is 14.7. The number of likely N-dealkylation sites (tertiary alicyclic amines) is 1. The van der Waals surface area contributed by atoms with E-state index in [-0.39, 0.29) is 5.92 Å². The quantitative estimate of drug-likeness (QED) is 0.925. The summed E-state index contributed by atoms with van der Waals surface area (Å²) in [5, 5.41) is 3.50. The van der Waals surface area contributed by atoms with Gasteiger partial charge in [-0.15, -0.1) is 0 Å². The normalized spacial score (nSPS) is 22.9. The third kappa shape index (κ3) is 3.29. The molecule has 1 aromatic carbocycles. The molecule has 1 amide bonds. The fraction of sp³-hybridized carbons (Fsp3) is 0.611. The number of hydrogen-bond acceptors (Lipinski definition) is 2. The Bertz CT molecular complexity index is 492. The number of rotatable bonds is 3. The summed E-state index contributed by atoms with van der Waals surface area (Å²) in [5.74, 6) is 0.593. The average molecular weight is 286 g/mol. The second kappa shape index (κ2) is 6.61. The maximum absolute atomic E-state index is 12.7. The number of aryl methyl sites for hydroxylation is 1. The van der Waals surface area contributed by atoms with E-state index < -0.39 is 0 Å². The van der Waals surface area contributed by atoms with Gasteiger partial charge in [0.2, 0.25) is 5.91 Å². The number of amides is 1. The van der Waals surface area contributed by atoms with Gasteiger partial charge in [-0.25, -0.2) is 0 Å². The highest BCUT2D eigenvalue weighted by atomic mass is 16.2. The fourth-order valence-electron chi connectivity index (χ4n) is 3.76. The van der Waals surface area contributed by atoms with Crippen LogP contribution in [0.15, 0.2) is 24.3 Å². The van der Waals surface area contributed by atoms with Crippen molar-refractivity contribution in [3.05, 3.63) is 35.4 Å². The molecule has 0 bridgehead atoms. The number of nitrogens with one attached hydrogen (secondary N) is 1. The average Bonchev–Trinajstić information content (AvgIpc) is 2.55. The minimum absolute atomic E-state index is 0.204. The van der Waals surface area contributed by atoms with E-state index in [9.17, 15) is 4.79 Å². The smallest absolute Gasteiger partial charge is 0.226 e. The van der Waals surface area contributed by atoms with Crippen LogP contribution in [0.1, 0.15) is 37.3 Å². The van der Waals surface area contributed by atoms with E-state index in [0.29, 0.717) is 11.9 Å². The van der Waals surface area contributed by atoms with Crippen LogP contribution in [0.25, 0.3) is 0 Å². The van der Waals surface area contributed by atoms with Crippen molar-refractivity contribution in [2.24, 2.45) is 5.92 Å². The Morgan fingerprint density at radius 1 is 1.19 bits per heavy atom. The minimum atomic E-state index is 0.204. The lowest BCUT2D eigenvalue weighted by Crippen LogP contribution is -2.47. The molecule has 0 spiro atoms. The molecule has 3 nitrogen and oxygen atoms in total. The molecular weight excluding hydrogens is 260 g/mol. The number of fused-ring (bicyclic) bond motifs is 1. The molecule has 1 N–H and O–H groups in total. The zero-order valence-electron chi connectivity index (χ0n) is 13.0. The van der Waals surface area contributed by atoms with Gasteiger partial charge in [0.15, 0.2) is 0 Å². The molecule has 0 radical (unpaired) electrons. The first-order valence-corrected chi connectivity index (χ1v) is 8.37. The standard InChI is InChI=1S/C18H26N2O/c1-2-19-17-9-11-20(12-10-17)18(21)16-8-7-14-5-3-4-6-15(14)13-16/h3-6,16-17,19H,2,7-13H2,1H3. The molecule has 1 fully saturated rings. The van der Waals surface area contributed by atoms with Crippen molar-refractivity contribution in [2.45, 2.75) is 45.1 Å². The zero-order valence-corrected chi connectivity index (χ0v) is 13.0. The summed E-state index contributed by atoms with van der Waals surface area (Å²) in [6.45, 7) is 5.03. The predicted octanol–water partition coefficient (Wildman–Crippen LogP) is 2.39. The largest absolute Gasteiger partial charge is 0.342 e. The first kappa shape index (κ1) is 14.6. The lowest BCUT2D eigenvalue weighted by atomic mass is 9.83. The maximum Gasteiger partial charge on any atom is 0.226 e. The van der Waals surface area contributed by atoms with Crippen molar-refractivity contribution in [1.29, 1.82) is 0 Å². The van der Waals surface area contributed by atoms with Crippen molar-refractivity contribution >= 4 is 5.91 Å². The molecule has 1 heterocycles. The molecule has 1 unspecified atom stereocenters. The number of carbonyl (C=O) groups excluding carboxylic acids is 1. The summed E-state index contributed by atoms with van der Waals surface area (Å²) in [7, 11) is 0. The molecule has 0 aromatic heterocycles. The first-order valence-electron chi connectivity index (χ1n) is 8.37. The van der Waals surface area contributed by atoms with Crippen molar-refractivity contribution in [3.8, 4) is 0 Å². The number of carbonyl (C=O) groups is 1. The van der Waals surface area contributed by atoms with E-state index in [4.69, 9.17) is 0 Å². The van der Waals surface area contributed by atoms with E-state index in [1.165, 1.54) is 11.1 Å². The highest BCUT2D eigenvalue weighted by Crippen LogP contribution is 2.27. The minimum Gasteiger partial charge on any atom is -0.342 e. The van der Waals surface area contributed by atoms with E-state index in [1.54, 1.807) is 0 Å². The van der Waals surface area contributed by atoms with E-state index >= 15 is 0 Å². The summed E-state index contributed by atoms with van der Waals surface area (Å²) >= 11 is 0. The number of benzene rings is 1. The van der Waals surface area contributed by atoms with Crippen LogP contribution >= 0.6 is 0 Å². The van der Waals surface area contributed by atoms with Gasteiger partial charge in [-0.2, -0.15) is 0 Å². The molecule has 1 atom stereocenters. The molecule has 21 heavy (non-hydrogen) atoms. The van der Waals surface area contributed by atoms with Crippen LogP contribution in [-0.4, -0.2) is 36.5 Å². The number of nitrogens with zero attached hydrogens (tertiary/aromatic N) is 1. The summed E-state index contributed by atoms with van der Waals surface area (Å²) in [6, 6.07) is 9.19. The van der Waals surface area contributed by atoms with E-state index in [0.717, 1.165) is 51.7 Å². The summed E-state index contributed by atoms with van der Waals surface area (Å²) in [6.07, 6.45) is 5.21. The highest BCUT2D eigenvalue weighted by molar-refractivity contribution is 5.79. The molecule has 1 aliphatic carbocycles. The van der Waals surface area contributed by atoms with Crippen molar-refractivity contribution < 1.29 is 4.79 Å². The van der Waals surface area contributed by atoms with Crippen molar-refractivity contribution in [2.75, 3.05) is 19.6 Å². The molecule has 2 aliphatic rings. The predicted molar refractivity (Wildman–Crippen MR) is 85.2 cm³/mol. The van der Waals surface area contributed by atoms with E-state index in [1.807, 2.05) is 0 Å². The Kier molecular flexibility index (Phi) is 4.59. The van der Waals surface area contributed by atoms with Crippen LogP contribution in [0.2, 0.25) is 0 Å². The summed E-state index contributed by atoms with van der Waals surface area (Å²) in [5.41, 5.74) is 2.82. The molecule has 114 valence electrons. The third-order valence-corrected chi connectivity index (χ3v) is 5.00. The van der Waals surface area contributed by atoms with Crippen LogP contribution in [0.5, 0.6) is 0 Å². The van der Waals surface area contributed by atoms with Crippen LogP contribution in [0.3, 0.4) is 0 Å². The lowest BCUT2D eigenvalue weighted by Gasteiger charge is -2.35. The summed E-state index contributed by atoms with van der Waals surface area (Å²) in [4.78, 5) is 14.8. The van der Waals surface area contributed by atoms with Gasteiger partial charge >= 0.3 is 0 Å². The van der Waals surface area contributed by atoms with Gasteiger partial charge in [0.1, 0.15) is 0 Å². The molecule has 1 aliphatic heterocycles. The lowest BCUT2D eigenvalue weighted by molar-refractivity contribution is -0.137. The van der Waals surface area contributed by atoms with Crippen LogP contribution < -0.4 is 5.32 Å². The molecule has 1 saturated heterocycles. The Hall–Kier alpha value is -1.35. The Morgan fingerprint density at radius 2 is 1.90 bits per heavy atom. The Labute approximate surface area is 127 Å². The first-order chi connectivity index (χ1) is 10.3. The van der Waals surface area contributed by atoms with Crippen LogP contribution in [0.4, 0.5) is 0 Å². The van der Waals surface area contributed by atoms with Gasteiger partial charge in [0, 0.05) is 25.0 Å². The monoisotopic (exact) mass is 286 g/mol. The molecule has 1 aromatic rings. The molecular formula is C18H26N2O.